The molecule has 0 heterocycles. The molecular weight excluding hydrogens is 394 g/mol. The van der Waals surface area contributed by atoms with Crippen LogP contribution in [0.3, 0.4) is 0 Å². The van der Waals surface area contributed by atoms with Crippen molar-refractivity contribution in [3.8, 4) is 11.5 Å². The molecule has 9 heteroatoms. The number of nitrogens with zero attached hydrogens (tertiary/aromatic N) is 2. The van der Waals surface area contributed by atoms with Crippen LogP contribution >= 0.6 is 0 Å². The number of nitrogens with one attached hydrogen (secondary N) is 1. The molecule has 2 aromatic rings. The summed E-state index contributed by atoms with van der Waals surface area (Å²) in [5.41, 5.74) is 4.32. The average Bonchev–Trinajstić information content (AvgIpc) is 2.70. The normalized spacial score (nSPS) is 10.8. The Hall–Kier alpha value is -3.07. The topological polar surface area (TPSA) is 97.3 Å². The Balaban J connectivity index is 2.50. The highest BCUT2D eigenvalue weighted by molar-refractivity contribution is 7.92. The minimum Gasteiger partial charge on any atom is -0.493 e. The first-order valence-corrected chi connectivity index (χ1v) is 10.2. The molecule has 0 aliphatic carbocycles. The van der Waals surface area contributed by atoms with E-state index in [1.54, 1.807) is 38.1 Å². The molecule has 1 amide bonds. The van der Waals surface area contributed by atoms with Crippen LogP contribution in [0.15, 0.2) is 52.5 Å². The molecule has 2 aromatic carbocycles. The summed E-state index contributed by atoms with van der Waals surface area (Å²) in [6.07, 6.45) is 0. The van der Waals surface area contributed by atoms with E-state index in [0.717, 1.165) is 9.87 Å². The van der Waals surface area contributed by atoms with Crippen molar-refractivity contribution in [2.24, 2.45) is 5.10 Å². The van der Waals surface area contributed by atoms with E-state index >= 15 is 0 Å². The summed E-state index contributed by atoms with van der Waals surface area (Å²) in [7, 11) is -1.19. The molecule has 0 aliphatic heterocycles. The van der Waals surface area contributed by atoms with Gasteiger partial charge in [0.05, 0.1) is 24.8 Å². The number of sulfonamides is 1. The molecule has 8 nitrogen and oxygen atoms in total. The third-order valence-corrected chi connectivity index (χ3v) is 5.73. The third kappa shape index (κ3) is 5.47. The number of carbonyl (C=O) groups excluding carboxylic acids is 1. The zero-order valence-electron chi connectivity index (χ0n) is 17.1. The van der Waals surface area contributed by atoms with Crippen LogP contribution in [-0.4, -0.2) is 40.8 Å². The maximum absolute atomic E-state index is 13.4. The molecule has 0 unspecified atom stereocenters. The number of aryl methyl sites for hydroxylation is 1. The van der Waals surface area contributed by atoms with Crippen LogP contribution in [0.25, 0.3) is 0 Å². The molecule has 0 aromatic heterocycles. The smallest absolute Gasteiger partial charge is 0.264 e. The van der Waals surface area contributed by atoms with Gasteiger partial charge in [0, 0.05) is 11.8 Å². The number of hydrazone groups is 1. The molecule has 0 atom stereocenters. The van der Waals surface area contributed by atoms with Gasteiger partial charge in [-0.1, -0.05) is 17.7 Å². The maximum Gasteiger partial charge on any atom is 0.264 e. The molecule has 0 saturated heterocycles. The molecule has 29 heavy (non-hydrogen) atoms. The number of benzene rings is 2. The highest BCUT2D eigenvalue weighted by Crippen LogP contribution is 2.32. The van der Waals surface area contributed by atoms with Gasteiger partial charge in [0.25, 0.3) is 15.9 Å². The van der Waals surface area contributed by atoms with E-state index in [1.165, 1.54) is 32.4 Å². The predicted molar refractivity (Wildman–Crippen MR) is 112 cm³/mol. The SMILES string of the molecule is COc1ccc(S(=O)(=O)N(CC(=O)NN=C(C)C)c2ccc(C)cc2)cc1OC. The van der Waals surface area contributed by atoms with Crippen molar-refractivity contribution in [1.82, 2.24) is 5.43 Å². The van der Waals surface area contributed by atoms with Gasteiger partial charge in [-0.3, -0.25) is 9.10 Å². The van der Waals surface area contributed by atoms with E-state index < -0.39 is 22.5 Å². The van der Waals surface area contributed by atoms with Gasteiger partial charge in [0.2, 0.25) is 0 Å². The van der Waals surface area contributed by atoms with Crippen LogP contribution in [0.4, 0.5) is 5.69 Å². The fraction of sp³-hybridized carbons (Fsp3) is 0.300. The Morgan fingerprint density at radius 3 is 2.21 bits per heavy atom. The molecule has 0 aliphatic rings. The minimum atomic E-state index is -4.07. The van der Waals surface area contributed by atoms with Gasteiger partial charge < -0.3 is 9.47 Å². The number of hydrogen-bond acceptors (Lipinski definition) is 6. The Morgan fingerprint density at radius 2 is 1.66 bits per heavy atom. The van der Waals surface area contributed by atoms with Crippen molar-refractivity contribution in [1.29, 1.82) is 0 Å². The summed E-state index contributed by atoms with van der Waals surface area (Å²) >= 11 is 0. The molecule has 0 radical (unpaired) electrons. The largest absolute Gasteiger partial charge is 0.493 e. The molecule has 0 bridgehead atoms. The zero-order chi connectivity index (χ0) is 21.6. The van der Waals surface area contributed by atoms with E-state index in [4.69, 9.17) is 9.47 Å². The van der Waals surface area contributed by atoms with Gasteiger partial charge >= 0.3 is 0 Å². The molecule has 0 fully saturated rings. The first-order chi connectivity index (χ1) is 13.7. The lowest BCUT2D eigenvalue weighted by Crippen LogP contribution is -2.39. The van der Waals surface area contributed by atoms with Crippen molar-refractivity contribution in [3.63, 3.8) is 0 Å². The number of ether oxygens (including phenoxy) is 2. The van der Waals surface area contributed by atoms with E-state index in [9.17, 15) is 13.2 Å². The van der Waals surface area contributed by atoms with E-state index in [0.29, 0.717) is 17.1 Å². The fourth-order valence-electron chi connectivity index (χ4n) is 2.47. The van der Waals surface area contributed by atoms with Crippen molar-refractivity contribution in [2.75, 3.05) is 25.1 Å². The van der Waals surface area contributed by atoms with E-state index in [2.05, 4.69) is 10.5 Å². The number of hydrogen-bond donors (Lipinski definition) is 1. The number of amides is 1. The van der Waals surface area contributed by atoms with Gasteiger partial charge in [-0.2, -0.15) is 5.10 Å². The maximum atomic E-state index is 13.4. The van der Waals surface area contributed by atoms with Crippen molar-refractivity contribution in [3.05, 3.63) is 48.0 Å². The van der Waals surface area contributed by atoms with Crippen LogP contribution in [0, 0.1) is 6.92 Å². The first kappa shape index (κ1) is 22.2. The number of carbonyl (C=O) groups is 1. The Labute approximate surface area is 171 Å². The van der Waals surface area contributed by atoms with Gasteiger partial charge in [0.1, 0.15) is 6.54 Å². The molecule has 1 N–H and O–H groups in total. The minimum absolute atomic E-state index is 0.0290. The number of methoxy groups -OCH3 is 2. The van der Waals surface area contributed by atoms with Gasteiger partial charge in [-0.15, -0.1) is 0 Å². The molecular formula is C20H25N3O5S. The third-order valence-electron chi connectivity index (χ3n) is 3.96. The lowest BCUT2D eigenvalue weighted by molar-refractivity contribution is -0.119. The highest BCUT2D eigenvalue weighted by Gasteiger charge is 2.28. The molecule has 0 spiro atoms. The zero-order valence-corrected chi connectivity index (χ0v) is 17.9. The summed E-state index contributed by atoms with van der Waals surface area (Å²) in [6.45, 7) is 4.90. The molecule has 0 saturated carbocycles. The number of anilines is 1. The second-order valence-corrected chi connectivity index (χ2v) is 8.32. The highest BCUT2D eigenvalue weighted by atomic mass is 32.2. The Morgan fingerprint density at radius 1 is 1.03 bits per heavy atom. The molecule has 2 rings (SSSR count). The second-order valence-electron chi connectivity index (χ2n) is 6.46. The molecule has 156 valence electrons. The van der Waals surface area contributed by atoms with Gasteiger partial charge in [-0.05, 0) is 45.0 Å². The number of rotatable bonds is 8. The van der Waals surface area contributed by atoms with Crippen LogP contribution in [-0.2, 0) is 14.8 Å². The summed E-state index contributed by atoms with van der Waals surface area (Å²) in [5.74, 6) is 0.114. The van der Waals surface area contributed by atoms with Crippen molar-refractivity contribution >= 4 is 27.3 Å². The van der Waals surface area contributed by atoms with Crippen LogP contribution in [0.1, 0.15) is 19.4 Å². The lowest BCUT2D eigenvalue weighted by Gasteiger charge is -2.24. The summed E-state index contributed by atoms with van der Waals surface area (Å²) in [4.78, 5) is 12.3. The average molecular weight is 420 g/mol. The van der Waals surface area contributed by atoms with E-state index in [1.807, 2.05) is 6.92 Å². The lowest BCUT2D eigenvalue weighted by atomic mass is 10.2. The van der Waals surface area contributed by atoms with Gasteiger partial charge in [-0.25, -0.2) is 13.8 Å². The fourth-order valence-corrected chi connectivity index (χ4v) is 3.91. The summed E-state index contributed by atoms with van der Waals surface area (Å²) in [5, 5.41) is 3.85. The van der Waals surface area contributed by atoms with Crippen LogP contribution < -0.4 is 19.2 Å². The van der Waals surface area contributed by atoms with Crippen LogP contribution in [0.5, 0.6) is 11.5 Å². The summed E-state index contributed by atoms with van der Waals surface area (Å²) < 4.78 is 38.2. The standard InChI is InChI=1S/C20H25N3O5S/c1-14(2)21-22-20(24)13-23(16-8-6-15(3)7-9-16)29(25,26)17-10-11-18(27-4)19(12-17)28-5/h6-12H,13H2,1-5H3,(H,22,24). The quantitative estimate of drug-likeness (QED) is 0.524. The monoisotopic (exact) mass is 419 g/mol. The van der Waals surface area contributed by atoms with Gasteiger partial charge in [0.15, 0.2) is 11.5 Å². The Kier molecular flexibility index (Phi) is 7.22. The van der Waals surface area contributed by atoms with E-state index in [-0.39, 0.29) is 10.6 Å². The first-order valence-electron chi connectivity index (χ1n) is 8.80. The van der Waals surface area contributed by atoms with Crippen molar-refractivity contribution in [2.45, 2.75) is 25.7 Å². The predicted octanol–water partition coefficient (Wildman–Crippen LogP) is 2.72. The van der Waals surface area contributed by atoms with Crippen molar-refractivity contribution < 1.29 is 22.7 Å². The Bertz CT molecular complexity index is 997. The van der Waals surface area contributed by atoms with Crippen LogP contribution in [0.2, 0.25) is 0 Å². The summed E-state index contributed by atoms with van der Waals surface area (Å²) in [6, 6.07) is 11.1. The second kappa shape index (κ2) is 9.42.